The number of hydrogen-bond acceptors (Lipinski definition) is 6. The number of carbonyl (C=O) groups excluding carboxylic acids is 1. The van der Waals surface area contributed by atoms with Gasteiger partial charge in [0.25, 0.3) is 0 Å². The number of anilines is 3. The van der Waals surface area contributed by atoms with Crippen LogP contribution in [0.4, 0.5) is 22.1 Å². The molecule has 0 atom stereocenters. The number of morpholine rings is 1. The summed E-state index contributed by atoms with van der Waals surface area (Å²) in [7, 11) is 0. The number of phenols is 1. The van der Waals surface area contributed by atoms with Gasteiger partial charge in [-0.25, -0.2) is 14.8 Å². The number of carbonyl (C=O) groups is 1. The molecule has 29 heavy (non-hydrogen) atoms. The molecule has 0 spiro atoms. The molecule has 0 aliphatic carbocycles. The number of nitrogens with zero attached hydrogens (tertiary/aromatic N) is 3. The molecule has 8 nitrogen and oxygen atoms in total. The fourth-order valence-electron chi connectivity index (χ4n) is 3.02. The van der Waals surface area contributed by atoms with E-state index in [4.69, 9.17) is 4.74 Å². The second-order valence-electron chi connectivity index (χ2n) is 6.55. The van der Waals surface area contributed by atoms with E-state index < -0.39 is 0 Å². The van der Waals surface area contributed by atoms with Crippen LogP contribution in [0.3, 0.4) is 0 Å². The zero-order valence-electron chi connectivity index (χ0n) is 15.7. The smallest absolute Gasteiger partial charge is 0.322 e. The van der Waals surface area contributed by atoms with Gasteiger partial charge >= 0.3 is 6.03 Å². The van der Waals surface area contributed by atoms with Crippen LogP contribution in [0.2, 0.25) is 0 Å². The van der Waals surface area contributed by atoms with Crippen LogP contribution in [0.15, 0.2) is 60.8 Å². The summed E-state index contributed by atoms with van der Waals surface area (Å²) in [5.74, 6) is 0.599. The van der Waals surface area contributed by atoms with Crippen LogP contribution in [-0.2, 0) is 4.74 Å². The predicted octanol–water partition coefficient (Wildman–Crippen LogP) is 3.46. The maximum atomic E-state index is 12.4. The highest BCUT2D eigenvalue weighted by molar-refractivity contribution is 5.90. The first-order chi connectivity index (χ1) is 14.2. The molecule has 8 heteroatoms. The first-order valence-electron chi connectivity index (χ1n) is 9.30. The molecule has 4 rings (SSSR count). The number of hydrogen-bond donors (Lipinski definition) is 3. The second-order valence-corrected chi connectivity index (χ2v) is 6.55. The molecule has 1 aliphatic heterocycles. The summed E-state index contributed by atoms with van der Waals surface area (Å²) in [6, 6.07) is 15.9. The predicted molar refractivity (Wildman–Crippen MR) is 110 cm³/mol. The summed E-state index contributed by atoms with van der Waals surface area (Å²) in [6.07, 6.45) is 1.65. The summed E-state index contributed by atoms with van der Waals surface area (Å²) in [5, 5.41) is 15.7. The maximum Gasteiger partial charge on any atom is 0.322 e. The van der Waals surface area contributed by atoms with Crippen molar-refractivity contribution in [3.05, 3.63) is 60.8 Å². The summed E-state index contributed by atoms with van der Waals surface area (Å²) in [4.78, 5) is 22.8. The van der Waals surface area contributed by atoms with E-state index in [0.717, 1.165) is 11.3 Å². The fraction of sp³-hybridized carbons (Fsp3) is 0.190. The molecule has 1 aliphatic rings. The maximum absolute atomic E-state index is 12.4. The van der Waals surface area contributed by atoms with Crippen molar-refractivity contribution in [3.8, 4) is 17.0 Å². The third-order valence-electron chi connectivity index (χ3n) is 4.47. The zero-order valence-corrected chi connectivity index (χ0v) is 15.7. The largest absolute Gasteiger partial charge is 0.508 e. The summed E-state index contributed by atoms with van der Waals surface area (Å²) < 4.78 is 5.27. The highest BCUT2D eigenvalue weighted by Crippen LogP contribution is 2.23. The van der Waals surface area contributed by atoms with Crippen molar-refractivity contribution in [1.82, 2.24) is 14.9 Å². The Bertz CT molecular complexity index is 1000. The second kappa shape index (κ2) is 8.57. The quantitative estimate of drug-likeness (QED) is 0.630. The Labute approximate surface area is 168 Å². The number of benzene rings is 2. The lowest BCUT2D eigenvalue weighted by Crippen LogP contribution is -2.43. The van der Waals surface area contributed by atoms with E-state index in [1.54, 1.807) is 35.4 Å². The van der Waals surface area contributed by atoms with Crippen molar-refractivity contribution in [2.45, 2.75) is 0 Å². The van der Waals surface area contributed by atoms with E-state index in [-0.39, 0.29) is 11.8 Å². The van der Waals surface area contributed by atoms with Crippen LogP contribution in [-0.4, -0.2) is 52.3 Å². The SMILES string of the molecule is O=C(Nc1cccc(Nc2nccc(-c3cccc(O)c3)n2)c1)N1CCOCC1. The third kappa shape index (κ3) is 4.80. The highest BCUT2D eigenvalue weighted by atomic mass is 16.5. The standard InChI is InChI=1S/C21H21N5O3/c27-18-6-1-3-15(13-18)19-7-8-22-20(25-19)23-16-4-2-5-17(14-16)24-21(28)26-9-11-29-12-10-26/h1-8,13-14,27H,9-12H2,(H,24,28)(H,22,23,25). The van der Waals surface area contributed by atoms with Crippen LogP contribution in [0.1, 0.15) is 0 Å². The topological polar surface area (TPSA) is 99.6 Å². The Morgan fingerprint density at radius 1 is 1.03 bits per heavy atom. The van der Waals surface area contributed by atoms with E-state index in [9.17, 15) is 9.90 Å². The molecule has 0 bridgehead atoms. The molecule has 3 aromatic rings. The lowest BCUT2D eigenvalue weighted by atomic mass is 10.1. The summed E-state index contributed by atoms with van der Waals surface area (Å²) >= 11 is 0. The molecule has 1 fully saturated rings. The number of phenolic OH excluding ortho intramolecular Hbond substituents is 1. The highest BCUT2D eigenvalue weighted by Gasteiger charge is 2.16. The number of aromatic nitrogens is 2. The Hall–Kier alpha value is -3.65. The van der Waals surface area contributed by atoms with Crippen LogP contribution in [0.5, 0.6) is 5.75 Å². The van der Waals surface area contributed by atoms with Crippen LogP contribution in [0.25, 0.3) is 11.3 Å². The number of nitrogens with one attached hydrogen (secondary N) is 2. The number of urea groups is 1. The van der Waals surface area contributed by atoms with Crippen LogP contribution >= 0.6 is 0 Å². The van der Waals surface area contributed by atoms with Gasteiger partial charge in [-0.2, -0.15) is 0 Å². The molecule has 0 radical (unpaired) electrons. The van der Waals surface area contributed by atoms with Crippen molar-refractivity contribution < 1.29 is 14.6 Å². The van der Waals surface area contributed by atoms with Gasteiger partial charge in [0.2, 0.25) is 5.95 Å². The fourth-order valence-corrected chi connectivity index (χ4v) is 3.02. The van der Waals surface area contributed by atoms with Gasteiger partial charge in [0.1, 0.15) is 5.75 Å². The van der Waals surface area contributed by atoms with E-state index in [2.05, 4.69) is 20.6 Å². The number of aromatic hydroxyl groups is 1. The van der Waals surface area contributed by atoms with E-state index in [1.807, 2.05) is 30.3 Å². The number of amides is 2. The monoisotopic (exact) mass is 391 g/mol. The van der Waals surface area contributed by atoms with Gasteiger partial charge in [0, 0.05) is 36.2 Å². The Balaban J connectivity index is 1.46. The molecule has 2 heterocycles. The van der Waals surface area contributed by atoms with E-state index >= 15 is 0 Å². The van der Waals surface area contributed by atoms with Crippen molar-refractivity contribution in [1.29, 1.82) is 0 Å². The van der Waals surface area contributed by atoms with Gasteiger partial charge < -0.3 is 25.4 Å². The molecule has 148 valence electrons. The first kappa shape index (κ1) is 18.7. The zero-order chi connectivity index (χ0) is 20.1. The number of ether oxygens (including phenoxy) is 1. The lowest BCUT2D eigenvalue weighted by Gasteiger charge is -2.27. The summed E-state index contributed by atoms with van der Waals surface area (Å²) in [5.41, 5.74) is 2.91. The van der Waals surface area contributed by atoms with Crippen LogP contribution in [0, 0.1) is 0 Å². The van der Waals surface area contributed by atoms with Gasteiger partial charge in [-0.3, -0.25) is 0 Å². The minimum Gasteiger partial charge on any atom is -0.508 e. The Morgan fingerprint density at radius 2 is 1.83 bits per heavy atom. The minimum absolute atomic E-state index is 0.146. The van der Waals surface area contributed by atoms with Crippen molar-refractivity contribution in [3.63, 3.8) is 0 Å². The molecule has 1 saturated heterocycles. The lowest BCUT2D eigenvalue weighted by molar-refractivity contribution is 0.0564. The van der Waals surface area contributed by atoms with Crippen molar-refractivity contribution in [2.24, 2.45) is 0 Å². The van der Waals surface area contributed by atoms with Crippen LogP contribution < -0.4 is 10.6 Å². The van der Waals surface area contributed by atoms with Gasteiger partial charge in [0.15, 0.2) is 0 Å². The molecule has 0 unspecified atom stereocenters. The van der Waals surface area contributed by atoms with Gasteiger partial charge in [-0.05, 0) is 36.4 Å². The van der Waals surface area contributed by atoms with E-state index in [1.165, 1.54) is 0 Å². The minimum atomic E-state index is -0.146. The average molecular weight is 391 g/mol. The van der Waals surface area contributed by atoms with E-state index in [0.29, 0.717) is 43.6 Å². The molecular weight excluding hydrogens is 370 g/mol. The summed E-state index contributed by atoms with van der Waals surface area (Å²) in [6.45, 7) is 2.28. The van der Waals surface area contributed by atoms with Gasteiger partial charge in [-0.1, -0.05) is 18.2 Å². The molecule has 2 aromatic carbocycles. The molecule has 1 aromatic heterocycles. The first-order valence-corrected chi connectivity index (χ1v) is 9.30. The number of rotatable bonds is 4. The molecular formula is C21H21N5O3. The molecule has 0 saturated carbocycles. The third-order valence-corrected chi connectivity index (χ3v) is 4.47. The molecule has 2 amide bonds. The Kier molecular flexibility index (Phi) is 5.53. The van der Waals surface area contributed by atoms with Gasteiger partial charge in [0.05, 0.1) is 18.9 Å². The average Bonchev–Trinajstić information content (AvgIpc) is 2.75. The molecule has 3 N–H and O–H groups in total. The van der Waals surface area contributed by atoms with Crippen molar-refractivity contribution >= 4 is 23.4 Å². The Morgan fingerprint density at radius 3 is 2.66 bits per heavy atom. The van der Waals surface area contributed by atoms with Gasteiger partial charge in [-0.15, -0.1) is 0 Å². The van der Waals surface area contributed by atoms with Crippen molar-refractivity contribution in [2.75, 3.05) is 36.9 Å². The normalized spacial score (nSPS) is 13.7.